The van der Waals surface area contributed by atoms with Crippen LogP contribution >= 0.6 is 0 Å². The average Bonchev–Trinajstić information content (AvgIpc) is 2.61. The highest BCUT2D eigenvalue weighted by molar-refractivity contribution is 6.00. The summed E-state index contributed by atoms with van der Waals surface area (Å²) in [5, 5.41) is 0. The second-order valence-electron chi connectivity index (χ2n) is 4.53. The van der Waals surface area contributed by atoms with Crippen molar-refractivity contribution in [2.75, 3.05) is 13.2 Å². The number of hydrogen-bond acceptors (Lipinski definition) is 4. The molecule has 1 atom stereocenters. The molecule has 0 saturated heterocycles. The van der Waals surface area contributed by atoms with Gasteiger partial charge in [0, 0.05) is 18.7 Å². The molecular formula is C18H24N2O2. The summed E-state index contributed by atoms with van der Waals surface area (Å²) < 4.78 is 5.59. The van der Waals surface area contributed by atoms with Crippen molar-refractivity contribution in [3.8, 4) is 0 Å². The molecule has 2 aromatic rings. The van der Waals surface area contributed by atoms with Crippen molar-refractivity contribution in [2.24, 2.45) is 5.84 Å². The summed E-state index contributed by atoms with van der Waals surface area (Å²) in [5.74, 6) is 4.78. The van der Waals surface area contributed by atoms with Gasteiger partial charge in [0.2, 0.25) is 0 Å². The fourth-order valence-electron chi connectivity index (χ4n) is 1.87. The van der Waals surface area contributed by atoms with E-state index in [9.17, 15) is 4.79 Å². The predicted molar refractivity (Wildman–Crippen MR) is 89.4 cm³/mol. The monoisotopic (exact) mass is 300 g/mol. The number of Topliss-reactive ketones (excluding diaryl/α,β-unsaturated/α-hetero) is 1. The van der Waals surface area contributed by atoms with Gasteiger partial charge in [-0.1, -0.05) is 67.6 Å². The van der Waals surface area contributed by atoms with E-state index >= 15 is 0 Å². The van der Waals surface area contributed by atoms with Crippen LogP contribution in [0.1, 0.15) is 35.9 Å². The molecule has 0 spiro atoms. The highest BCUT2D eigenvalue weighted by Gasteiger charge is 2.21. The lowest BCUT2D eigenvalue weighted by atomic mass is 10.00. The normalized spacial score (nSPS) is 11.2. The van der Waals surface area contributed by atoms with E-state index in [0.717, 1.165) is 12.1 Å². The Morgan fingerprint density at radius 1 is 1.05 bits per heavy atom. The summed E-state index contributed by atoms with van der Waals surface area (Å²) in [5.41, 5.74) is 4.01. The van der Waals surface area contributed by atoms with Gasteiger partial charge in [-0.25, -0.2) is 0 Å². The molecule has 2 rings (SSSR count). The minimum atomic E-state index is -0.515. The largest absolute Gasteiger partial charge is 0.366 e. The molecule has 0 aliphatic carbocycles. The Hall–Kier alpha value is -2.01. The summed E-state index contributed by atoms with van der Waals surface area (Å²) in [4.78, 5) is 12.4. The molecule has 22 heavy (non-hydrogen) atoms. The summed E-state index contributed by atoms with van der Waals surface area (Å²) in [7, 11) is 0. The number of nitrogens with two attached hydrogens (primary N) is 1. The molecule has 0 radical (unpaired) electrons. The van der Waals surface area contributed by atoms with Crippen molar-refractivity contribution in [1.82, 2.24) is 5.43 Å². The molecule has 2 aromatic carbocycles. The topological polar surface area (TPSA) is 64.3 Å². The number of benzene rings is 2. The van der Waals surface area contributed by atoms with Crippen LogP contribution in [0.3, 0.4) is 0 Å². The van der Waals surface area contributed by atoms with Crippen LogP contribution in [0.5, 0.6) is 0 Å². The quantitative estimate of drug-likeness (QED) is 0.489. The van der Waals surface area contributed by atoms with Gasteiger partial charge >= 0.3 is 0 Å². The second-order valence-corrected chi connectivity index (χ2v) is 4.53. The zero-order valence-corrected chi connectivity index (χ0v) is 13.2. The van der Waals surface area contributed by atoms with Gasteiger partial charge in [0.15, 0.2) is 5.78 Å². The first-order chi connectivity index (χ1) is 10.7. The Morgan fingerprint density at radius 3 is 2.00 bits per heavy atom. The molecule has 0 saturated carbocycles. The van der Waals surface area contributed by atoms with Gasteiger partial charge < -0.3 is 4.74 Å². The zero-order chi connectivity index (χ0) is 16.2. The highest BCUT2D eigenvalue weighted by atomic mass is 16.5. The highest BCUT2D eigenvalue weighted by Crippen LogP contribution is 2.22. The predicted octanol–water partition coefficient (Wildman–Crippen LogP) is 3.12. The molecule has 0 aliphatic heterocycles. The van der Waals surface area contributed by atoms with Gasteiger partial charge in [0.1, 0.15) is 6.10 Å². The van der Waals surface area contributed by atoms with Gasteiger partial charge in [-0.2, -0.15) is 0 Å². The number of hydrazine groups is 1. The van der Waals surface area contributed by atoms with Crippen molar-refractivity contribution in [3.63, 3.8) is 0 Å². The Morgan fingerprint density at radius 2 is 1.55 bits per heavy atom. The minimum absolute atomic E-state index is 0.00338. The Kier molecular flexibility index (Phi) is 8.76. The van der Waals surface area contributed by atoms with Crippen LogP contribution in [0.15, 0.2) is 60.7 Å². The van der Waals surface area contributed by atoms with Crippen LogP contribution in [0.2, 0.25) is 0 Å². The Bertz CT molecular complexity index is 527. The number of nitrogens with one attached hydrogen (secondary N) is 1. The molecule has 0 heterocycles. The standard InChI is InChI=1S/C16H16O2.C2H8N2/c1-2-18-16(14-11-7-4-8-12-14)15(17)13-9-5-3-6-10-13;1-2-4-3/h3-12,16H,2H2,1H3;4H,2-3H2,1H3. The molecule has 0 aliphatic rings. The first-order valence-corrected chi connectivity index (χ1v) is 7.43. The van der Waals surface area contributed by atoms with E-state index in [1.165, 1.54) is 0 Å². The molecule has 1 unspecified atom stereocenters. The minimum Gasteiger partial charge on any atom is -0.366 e. The maximum absolute atomic E-state index is 12.4. The van der Waals surface area contributed by atoms with Crippen molar-refractivity contribution in [2.45, 2.75) is 20.0 Å². The third kappa shape index (κ3) is 5.77. The lowest BCUT2D eigenvalue weighted by Gasteiger charge is -2.16. The molecule has 3 N–H and O–H groups in total. The van der Waals surface area contributed by atoms with Gasteiger partial charge in [0.05, 0.1) is 0 Å². The van der Waals surface area contributed by atoms with Crippen LogP contribution in [-0.4, -0.2) is 18.9 Å². The lowest BCUT2D eigenvalue weighted by Crippen LogP contribution is -2.20. The second kappa shape index (κ2) is 10.7. The van der Waals surface area contributed by atoms with Crippen LogP contribution in [0.4, 0.5) is 0 Å². The summed E-state index contributed by atoms with van der Waals surface area (Å²) in [6.07, 6.45) is -0.515. The number of hydrogen-bond donors (Lipinski definition) is 2. The molecule has 0 amide bonds. The van der Waals surface area contributed by atoms with Gasteiger partial charge in [-0.15, -0.1) is 0 Å². The van der Waals surface area contributed by atoms with Crippen LogP contribution < -0.4 is 11.3 Å². The van der Waals surface area contributed by atoms with Gasteiger partial charge in [0.25, 0.3) is 0 Å². The van der Waals surface area contributed by atoms with E-state index in [-0.39, 0.29) is 5.78 Å². The molecule has 0 aromatic heterocycles. The van der Waals surface area contributed by atoms with Crippen LogP contribution in [0, 0.1) is 0 Å². The third-order valence-electron chi connectivity index (χ3n) is 2.94. The Balaban J connectivity index is 0.000000541. The number of carbonyl (C=O) groups is 1. The van der Waals surface area contributed by atoms with Gasteiger partial charge in [-0.05, 0) is 12.5 Å². The Labute approximate surface area is 132 Å². The van der Waals surface area contributed by atoms with E-state index in [2.05, 4.69) is 5.43 Å². The molecule has 4 nitrogen and oxygen atoms in total. The van der Waals surface area contributed by atoms with Crippen molar-refractivity contribution in [1.29, 1.82) is 0 Å². The molecular weight excluding hydrogens is 276 g/mol. The SMILES string of the molecule is CCNN.CCOC(C(=O)c1ccccc1)c1ccccc1. The lowest BCUT2D eigenvalue weighted by molar-refractivity contribution is 0.0452. The fraction of sp³-hybridized carbons (Fsp3) is 0.278. The third-order valence-corrected chi connectivity index (χ3v) is 2.94. The molecule has 0 fully saturated rings. The van der Waals surface area contributed by atoms with E-state index < -0.39 is 6.10 Å². The maximum Gasteiger partial charge on any atom is 0.196 e. The number of carbonyl (C=O) groups excluding carboxylic acids is 1. The summed E-state index contributed by atoms with van der Waals surface area (Å²) in [6, 6.07) is 18.9. The zero-order valence-electron chi connectivity index (χ0n) is 13.2. The number of ketones is 1. The van der Waals surface area contributed by atoms with Crippen molar-refractivity contribution >= 4 is 5.78 Å². The molecule has 4 heteroatoms. The van der Waals surface area contributed by atoms with E-state index in [1.54, 1.807) is 0 Å². The summed E-state index contributed by atoms with van der Waals surface area (Å²) >= 11 is 0. The summed E-state index contributed by atoms with van der Waals surface area (Å²) in [6.45, 7) is 5.20. The van der Waals surface area contributed by atoms with Crippen molar-refractivity contribution in [3.05, 3.63) is 71.8 Å². The fourth-order valence-corrected chi connectivity index (χ4v) is 1.87. The van der Waals surface area contributed by atoms with E-state index in [0.29, 0.717) is 12.2 Å². The smallest absolute Gasteiger partial charge is 0.196 e. The molecule has 0 bridgehead atoms. The molecule has 118 valence electrons. The maximum atomic E-state index is 12.4. The first-order valence-electron chi connectivity index (χ1n) is 7.43. The first kappa shape index (κ1) is 18.0. The van der Waals surface area contributed by atoms with Crippen molar-refractivity contribution < 1.29 is 9.53 Å². The van der Waals surface area contributed by atoms with E-state index in [4.69, 9.17) is 10.6 Å². The average molecular weight is 300 g/mol. The number of ether oxygens (including phenoxy) is 1. The van der Waals surface area contributed by atoms with Crippen LogP contribution in [0.25, 0.3) is 0 Å². The van der Waals surface area contributed by atoms with Gasteiger partial charge in [-0.3, -0.25) is 16.1 Å². The van der Waals surface area contributed by atoms with E-state index in [1.807, 2.05) is 74.5 Å². The number of rotatable bonds is 6. The van der Waals surface area contributed by atoms with Crippen LogP contribution in [-0.2, 0) is 4.74 Å².